The first-order valence-electron chi connectivity index (χ1n) is 11.2. The maximum atomic E-state index is 13.3. The number of hydrogen-bond acceptors (Lipinski definition) is 5. The van der Waals surface area contributed by atoms with E-state index >= 15 is 0 Å². The number of carbonyl (C=O) groups is 2. The van der Waals surface area contributed by atoms with Crippen molar-refractivity contribution in [2.45, 2.75) is 32.0 Å². The summed E-state index contributed by atoms with van der Waals surface area (Å²) in [5, 5.41) is 11.4. The fraction of sp³-hybridized carbons (Fsp3) is 0.214. The van der Waals surface area contributed by atoms with E-state index in [-0.39, 0.29) is 24.0 Å². The third-order valence-corrected chi connectivity index (χ3v) is 6.31. The number of carbonyl (C=O) groups excluding carboxylic acids is 2. The van der Waals surface area contributed by atoms with Crippen molar-refractivity contribution in [3.63, 3.8) is 0 Å². The van der Waals surface area contributed by atoms with Gasteiger partial charge in [0.25, 0.3) is 11.7 Å². The molecule has 34 heavy (non-hydrogen) atoms. The van der Waals surface area contributed by atoms with E-state index in [1.54, 1.807) is 31.4 Å². The molecule has 0 radical (unpaired) electrons. The monoisotopic (exact) mass is 455 g/mol. The van der Waals surface area contributed by atoms with Crippen molar-refractivity contribution >= 4 is 17.4 Å². The number of aliphatic hydroxyl groups excluding tert-OH is 1. The number of likely N-dealkylation sites (tertiary alicyclic amines) is 1. The topological polar surface area (TPSA) is 76.1 Å². The van der Waals surface area contributed by atoms with E-state index in [2.05, 4.69) is 0 Å². The smallest absolute Gasteiger partial charge is 0.295 e. The van der Waals surface area contributed by atoms with Crippen molar-refractivity contribution in [1.29, 1.82) is 0 Å². The summed E-state index contributed by atoms with van der Waals surface area (Å²) in [6.07, 6.45) is 0.776. The Balaban J connectivity index is 1.64. The van der Waals surface area contributed by atoms with Crippen molar-refractivity contribution in [2.75, 3.05) is 7.11 Å². The quantitative estimate of drug-likeness (QED) is 0.345. The highest BCUT2D eigenvalue weighted by Crippen LogP contribution is 2.42. The number of amides is 1. The molecule has 6 heteroatoms. The largest absolute Gasteiger partial charge is 0.507 e. The van der Waals surface area contributed by atoms with Gasteiger partial charge in [0.1, 0.15) is 23.4 Å². The Kier molecular flexibility index (Phi) is 5.57. The lowest BCUT2D eigenvalue weighted by molar-refractivity contribution is -0.140. The second-order valence-corrected chi connectivity index (χ2v) is 8.64. The maximum Gasteiger partial charge on any atom is 0.295 e. The highest BCUT2D eigenvalue weighted by molar-refractivity contribution is 6.46. The van der Waals surface area contributed by atoms with Crippen LogP contribution in [-0.4, -0.2) is 34.9 Å². The van der Waals surface area contributed by atoms with Gasteiger partial charge in [-0.05, 0) is 53.9 Å². The van der Waals surface area contributed by atoms with Crippen molar-refractivity contribution in [1.82, 2.24) is 4.90 Å². The lowest BCUT2D eigenvalue weighted by atomic mass is 9.94. The van der Waals surface area contributed by atoms with Crippen LogP contribution in [0.15, 0.2) is 78.4 Å². The molecule has 0 spiro atoms. The molecule has 1 saturated heterocycles. The Morgan fingerprint density at radius 1 is 1.06 bits per heavy atom. The summed E-state index contributed by atoms with van der Waals surface area (Å²) >= 11 is 0. The molecule has 3 aromatic carbocycles. The molecular formula is C28H25NO5. The average Bonchev–Trinajstić information content (AvgIpc) is 3.35. The van der Waals surface area contributed by atoms with Crippen molar-refractivity contribution in [3.05, 3.63) is 101 Å². The first kappa shape index (κ1) is 21.8. The second-order valence-electron chi connectivity index (χ2n) is 8.64. The van der Waals surface area contributed by atoms with Crippen LogP contribution in [0.2, 0.25) is 0 Å². The zero-order chi connectivity index (χ0) is 23.8. The Bertz CT molecular complexity index is 1300. The Morgan fingerprint density at radius 3 is 2.62 bits per heavy atom. The predicted octanol–water partition coefficient (Wildman–Crippen LogP) is 4.64. The predicted molar refractivity (Wildman–Crippen MR) is 128 cm³/mol. The van der Waals surface area contributed by atoms with Crippen LogP contribution >= 0.6 is 0 Å². The first-order valence-corrected chi connectivity index (χ1v) is 11.2. The molecule has 1 N–H and O–H groups in total. The number of aliphatic hydroxyl groups is 1. The summed E-state index contributed by atoms with van der Waals surface area (Å²) in [5.74, 6) is -0.156. The molecule has 6 nitrogen and oxygen atoms in total. The summed E-state index contributed by atoms with van der Waals surface area (Å²) < 4.78 is 11.1. The first-order chi connectivity index (χ1) is 16.5. The van der Waals surface area contributed by atoms with E-state index in [4.69, 9.17) is 9.47 Å². The number of ether oxygens (including phenoxy) is 2. The van der Waals surface area contributed by atoms with E-state index in [1.165, 1.54) is 4.90 Å². The van der Waals surface area contributed by atoms with E-state index in [0.717, 1.165) is 23.3 Å². The van der Waals surface area contributed by atoms with Gasteiger partial charge in [-0.25, -0.2) is 0 Å². The number of fused-ring (bicyclic) bond motifs is 1. The number of ketones is 1. The van der Waals surface area contributed by atoms with Gasteiger partial charge < -0.3 is 19.5 Å². The highest BCUT2D eigenvalue weighted by Gasteiger charge is 2.46. The van der Waals surface area contributed by atoms with E-state index in [9.17, 15) is 14.7 Å². The number of benzene rings is 3. The van der Waals surface area contributed by atoms with E-state index in [0.29, 0.717) is 16.9 Å². The molecule has 3 aromatic rings. The third kappa shape index (κ3) is 3.81. The fourth-order valence-electron chi connectivity index (χ4n) is 4.71. The molecule has 1 fully saturated rings. The molecule has 1 amide bonds. The Morgan fingerprint density at radius 2 is 1.85 bits per heavy atom. The fourth-order valence-corrected chi connectivity index (χ4v) is 4.71. The lowest BCUT2D eigenvalue weighted by Gasteiger charge is -2.25. The van der Waals surface area contributed by atoms with Crippen LogP contribution in [0.1, 0.15) is 35.2 Å². The number of hydrogen-bond donors (Lipinski definition) is 1. The van der Waals surface area contributed by atoms with Gasteiger partial charge in [0.15, 0.2) is 0 Å². The van der Waals surface area contributed by atoms with Crippen molar-refractivity contribution < 1.29 is 24.2 Å². The molecule has 2 heterocycles. The molecule has 5 rings (SSSR count). The number of nitrogens with zero attached hydrogens (tertiary/aromatic N) is 1. The van der Waals surface area contributed by atoms with Gasteiger partial charge in [-0.3, -0.25) is 9.59 Å². The van der Waals surface area contributed by atoms with Gasteiger partial charge in [0, 0.05) is 18.5 Å². The molecule has 2 atom stereocenters. The zero-order valence-corrected chi connectivity index (χ0v) is 19.0. The summed E-state index contributed by atoms with van der Waals surface area (Å²) in [7, 11) is 1.56. The van der Waals surface area contributed by atoms with Crippen LogP contribution in [0, 0.1) is 0 Å². The van der Waals surface area contributed by atoms with Crippen molar-refractivity contribution in [2.24, 2.45) is 0 Å². The van der Waals surface area contributed by atoms with Crippen LogP contribution in [0.3, 0.4) is 0 Å². The maximum absolute atomic E-state index is 13.3. The number of methoxy groups -OCH3 is 1. The van der Waals surface area contributed by atoms with Gasteiger partial charge in [0.05, 0.1) is 18.7 Å². The minimum Gasteiger partial charge on any atom is -0.507 e. The van der Waals surface area contributed by atoms with Crippen LogP contribution in [0.4, 0.5) is 0 Å². The summed E-state index contributed by atoms with van der Waals surface area (Å²) in [6, 6.07) is 21.3. The Hall–Kier alpha value is -4.06. The molecule has 172 valence electrons. The average molecular weight is 456 g/mol. The van der Waals surface area contributed by atoms with Crippen molar-refractivity contribution in [3.8, 4) is 11.5 Å². The molecule has 0 saturated carbocycles. The van der Waals surface area contributed by atoms with Gasteiger partial charge in [-0.15, -0.1) is 0 Å². The second kappa shape index (κ2) is 8.71. The molecule has 2 aliphatic heterocycles. The van der Waals surface area contributed by atoms with Crippen LogP contribution in [0.5, 0.6) is 11.5 Å². The molecular weight excluding hydrogens is 430 g/mol. The van der Waals surface area contributed by atoms with Gasteiger partial charge >= 0.3 is 0 Å². The van der Waals surface area contributed by atoms with Crippen LogP contribution < -0.4 is 9.47 Å². The summed E-state index contributed by atoms with van der Waals surface area (Å²) in [4.78, 5) is 28.0. The van der Waals surface area contributed by atoms with E-state index < -0.39 is 17.7 Å². The van der Waals surface area contributed by atoms with E-state index in [1.807, 2.05) is 55.5 Å². The SMILES string of the molecule is COc1cccc([C@H]2/C(=C(\O)c3ccc4c(c3)C[C@@H](C)O4)C(=O)C(=O)N2Cc2ccccc2)c1. The van der Waals surface area contributed by atoms with Gasteiger partial charge in [-0.2, -0.15) is 0 Å². The minimum atomic E-state index is -0.751. The van der Waals surface area contributed by atoms with Crippen LogP contribution in [0.25, 0.3) is 5.76 Å². The minimum absolute atomic E-state index is 0.0561. The molecule has 0 aromatic heterocycles. The highest BCUT2D eigenvalue weighted by atomic mass is 16.5. The standard InChI is InChI=1S/C28H25NO5/c1-17-13-21-14-20(11-12-23(21)34-17)26(30)24-25(19-9-6-10-22(15-19)33-2)29(28(32)27(24)31)16-18-7-4-3-5-8-18/h3-12,14-15,17,25,30H,13,16H2,1-2H3/b26-24+/t17-,25+/m1/s1. The molecule has 0 bridgehead atoms. The number of rotatable bonds is 5. The number of Topliss-reactive ketones (excluding diaryl/α,β-unsaturated/α-hetero) is 1. The molecule has 2 aliphatic rings. The lowest BCUT2D eigenvalue weighted by Crippen LogP contribution is -2.29. The molecule has 0 unspecified atom stereocenters. The Labute approximate surface area is 198 Å². The summed E-state index contributed by atoms with van der Waals surface area (Å²) in [5.41, 5.74) is 3.10. The normalized spacial score (nSPS) is 20.8. The third-order valence-electron chi connectivity index (χ3n) is 6.31. The molecule has 0 aliphatic carbocycles. The van der Waals surface area contributed by atoms with Gasteiger partial charge in [0.2, 0.25) is 0 Å². The zero-order valence-electron chi connectivity index (χ0n) is 19.0. The van der Waals surface area contributed by atoms with Crippen LogP contribution in [-0.2, 0) is 22.6 Å². The van der Waals surface area contributed by atoms with Gasteiger partial charge in [-0.1, -0.05) is 42.5 Å². The summed E-state index contributed by atoms with van der Waals surface area (Å²) in [6.45, 7) is 2.22.